The fraction of sp³-hybridized carbons (Fsp3) is 0.321. The zero-order valence-corrected chi connectivity index (χ0v) is 20.3. The SMILES string of the molecule is C#CCN1CCC(CC(=O)NO)(NC(=O)c2ccccc2OCc2cc(C)nc3ccccc23)CC1. The van der Waals surface area contributed by atoms with Crippen LogP contribution in [0.4, 0.5) is 0 Å². The Hall–Kier alpha value is -3.93. The number of aromatic nitrogens is 1. The van der Waals surface area contributed by atoms with Crippen molar-refractivity contribution < 1.29 is 19.5 Å². The predicted octanol–water partition coefficient (Wildman–Crippen LogP) is 3.22. The van der Waals surface area contributed by atoms with E-state index in [0.717, 1.165) is 22.2 Å². The minimum Gasteiger partial charge on any atom is -0.488 e. The zero-order chi connectivity index (χ0) is 25.5. The molecule has 0 spiro atoms. The van der Waals surface area contributed by atoms with Gasteiger partial charge in [-0.15, -0.1) is 6.42 Å². The average molecular weight is 487 g/mol. The highest BCUT2D eigenvalue weighted by Gasteiger charge is 2.38. The Kier molecular flexibility index (Phi) is 7.84. The maximum atomic E-state index is 13.5. The third-order valence-corrected chi connectivity index (χ3v) is 6.58. The molecule has 186 valence electrons. The Bertz CT molecular complexity index is 1290. The molecule has 2 heterocycles. The molecule has 2 amide bonds. The standard InChI is InChI=1S/C28H30N4O4/c1-3-14-32-15-12-28(13-16-32,18-26(33)31-35)30-27(34)23-9-5-7-11-25(23)36-19-21-17-20(2)29-24-10-6-4-8-22(21)24/h1,4-11,17,35H,12-16,18-19H2,2H3,(H,30,34)(H,31,33). The van der Waals surface area contributed by atoms with Gasteiger partial charge in [0.1, 0.15) is 12.4 Å². The molecule has 3 N–H and O–H groups in total. The summed E-state index contributed by atoms with van der Waals surface area (Å²) >= 11 is 0. The van der Waals surface area contributed by atoms with Gasteiger partial charge in [0, 0.05) is 29.7 Å². The number of likely N-dealkylation sites (tertiary alicyclic amines) is 1. The van der Waals surface area contributed by atoms with Crippen molar-refractivity contribution in [2.24, 2.45) is 0 Å². The molecule has 1 aromatic heterocycles. The van der Waals surface area contributed by atoms with Crippen molar-refractivity contribution in [2.75, 3.05) is 19.6 Å². The number of hydrogen-bond donors (Lipinski definition) is 3. The van der Waals surface area contributed by atoms with Gasteiger partial charge in [0.2, 0.25) is 5.91 Å². The highest BCUT2D eigenvalue weighted by molar-refractivity contribution is 5.97. The van der Waals surface area contributed by atoms with E-state index in [2.05, 4.69) is 21.1 Å². The summed E-state index contributed by atoms with van der Waals surface area (Å²) in [6.45, 7) is 3.99. The molecule has 0 radical (unpaired) electrons. The summed E-state index contributed by atoms with van der Waals surface area (Å²) in [5.74, 6) is 2.19. The van der Waals surface area contributed by atoms with E-state index in [9.17, 15) is 9.59 Å². The Morgan fingerprint density at radius 3 is 2.64 bits per heavy atom. The lowest BCUT2D eigenvalue weighted by molar-refractivity contribution is -0.131. The molecule has 4 rings (SSSR count). The van der Waals surface area contributed by atoms with Crippen LogP contribution in [-0.4, -0.2) is 52.1 Å². The van der Waals surface area contributed by atoms with Crippen molar-refractivity contribution in [1.82, 2.24) is 20.7 Å². The number of aryl methyl sites for hydroxylation is 1. The molecule has 0 atom stereocenters. The number of benzene rings is 2. The van der Waals surface area contributed by atoms with Gasteiger partial charge in [0.25, 0.3) is 5.91 Å². The molecule has 0 unspecified atom stereocenters. The van der Waals surface area contributed by atoms with Gasteiger partial charge < -0.3 is 10.1 Å². The molecule has 36 heavy (non-hydrogen) atoms. The average Bonchev–Trinajstić information content (AvgIpc) is 2.88. The maximum absolute atomic E-state index is 13.5. The number of pyridine rings is 1. The number of hydroxylamine groups is 1. The fourth-order valence-electron chi connectivity index (χ4n) is 4.72. The molecule has 0 bridgehead atoms. The molecule has 1 aliphatic rings. The van der Waals surface area contributed by atoms with E-state index in [0.29, 0.717) is 43.8 Å². The summed E-state index contributed by atoms with van der Waals surface area (Å²) in [4.78, 5) is 32.2. The molecule has 0 aliphatic carbocycles. The van der Waals surface area contributed by atoms with Gasteiger partial charge in [-0.2, -0.15) is 0 Å². The van der Waals surface area contributed by atoms with Gasteiger partial charge in [-0.1, -0.05) is 36.3 Å². The number of rotatable bonds is 8. The molecule has 8 nitrogen and oxygen atoms in total. The zero-order valence-electron chi connectivity index (χ0n) is 20.3. The molecule has 0 saturated carbocycles. The van der Waals surface area contributed by atoms with Crippen LogP contribution in [-0.2, 0) is 11.4 Å². The molecule has 3 aromatic rings. The lowest BCUT2D eigenvalue weighted by Gasteiger charge is -2.41. The van der Waals surface area contributed by atoms with Crippen LogP contribution in [0.15, 0.2) is 54.6 Å². The van der Waals surface area contributed by atoms with Crippen LogP contribution in [0.3, 0.4) is 0 Å². The summed E-state index contributed by atoms with van der Waals surface area (Å²) in [7, 11) is 0. The third-order valence-electron chi connectivity index (χ3n) is 6.58. The van der Waals surface area contributed by atoms with Crippen molar-refractivity contribution >= 4 is 22.7 Å². The van der Waals surface area contributed by atoms with Crippen molar-refractivity contribution in [3.05, 3.63) is 71.4 Å². The van der Waals surface area contributed by atoms with Gasteiger partial charge in [0.05, 0.1) is 29.6 Å². The smallest absolute Gasteiger partial charge is 0.255 e. The summed E-state index contributed by atoms with van der Waals surface area (Å²) in [6, 6.07) is 16.9. The third kappa shape index (κ3) is 5.82. The van der Waals surface area contributed by atoms with Gasteiger partial charge in [-0.3, -0.25) is 24.7 Å². The maximum Gasteiger partial charge on any atom is 0.255 e. The first-order valence-corrected chi connectivity index (χ1v) is 11.9. The van der Waals surface area contributed by atoms with Crippen LogP contribution >= 0.6 is 0 Å². The Morgan fingerprint density at radius 2 is 1.89 bits per heavy atom. The van der Waals surface area contributed by atoms with Crippen molar-refractivity contribution in [3.8, 4) is 18.1 Å². The van der Waals surface area contributed by atoms with E-state index in [1.807, 2.05) is 43.3 Å². The number of nitrogens with one attached hydrogen (secondary N) is 2. The van der Waals surface area contributed by atoms with Crippen LogP contribution in [0.25, 0.3) is 10.9 Å². The topological polar surface area (TPSA) is 104 Å². The summed E-state index contributed by atoms with van der Waals surface area (Å²) in [6.07, 6.45) is 6.45. The number of fused-ring (bicyclic) bond motifs is 1. The van der Waals surface area contributed by atoms with E-state index >= 15 is 0 Å². The normalized spacial score (nSPS) is 15.1. The second-order valence-electron chi connectivity index (χ2n) is 9.15. The minimum absolute atomic E-state index is 0.0373. The Balaban J connectivity index is 1.53. The van der Waals surface area contributed by atoms with Gasteiger partial charge >= 0.3 is 0 Å². The fourth-order valence-corrected chi connectivity index (χ4v) is 4.72. The minimum atomic E-state index is -0.805. The van der Waals surface area contributed by atoms with E-state index < -0.39 is 11.4 Å². The Morgan fingerprint density at radius 1 is 1.17 bits per heavy atom. The largest absolute Gasteiger partial charge is 0.488 e. The van der Waals surface area contributed by atoms with Crippen LogP contribution in [0.1, 0.15) is 40.9 Å². The van der Waals surface area contributed by atoms with Gasteiger partial charge in [-0.25, -0.2) is 5.48 Å². The van der Waals surface area contributed by atoms with Crippen molar-refractivity contribution in [3.63, 3.8) is 0 Å². The van der Waals surface area contributed by atoms with Crippen molar-refractivity contribution in [1.29, 1.82) is 0 Å². The summed E-state index contributed by atoms with van der Waals surface area (Å²) in [5, 5.41) is 13.2. The van der Waals surface area contributed by atoms with E-state index in [1.165, 1.54) is 0 Å². The van der Waals surface area contributed by atoms with Crippen molar-refractivity contribution in [2.45, 2.75) is 38.3 Å². The number of para-hydroxylation sites is 2. The van der Waals surface area contributed by atoms with Crippen LogP contribution in [0.2, 0.25) is 0 Å². The van der Waals surface area contributed by atoms with Gasteiger partial charge in [-0.05, 0) is 44.0 Å². The first kappa shape index (κ1) is 25.2. The molecule has 2 aromatic carbocycles. The number of ether oxygens (including phenoxy) is 1. The molecular formula is C28H30N4O4. The lowest BCUT2D eigenvalue weighted by atomic mass is 9.83. The quantitative estimate of drug-likeness (QED) is 0.257. The van der Waals surface area contributed by atoms with E-state index in [-0.39, 0.29) is 18.9 Å². The van der Waals surface area contributed by atoms with E-state index in [1.54, 1.807) is 23.7 Å². The first-order chi connectivity index (χ1) is 17.4. The summed E-state index contributed by atoms with van der Waals surface area (Å²) in [5.41, 5.74) is 4.02. The Labute approximate surface area is 210 Å². The number of nitrogens with zero attached hydrogens (tertiary/aromatic N) is 2. The monoisotopic (exact) mass is 486 g/mol. The number of amides is 2. The molecule has 1 fully saturated rings. The second-order valence-corrected chi connectivity index (χ2v) is 9.15. The van der Waals surface area contributed by atoms with Gasteiger partial charge in [0.15, 0.2) is 0 Å². The number of carbonyl (C=O) groups excluding carboxylic acids is 2. The highest BCUT2D eigenvalue weighted by Crippen LogP contribution is 2.28. The lowest BCUT2D eigenvalue weighted by Crippen LogP contribution is -2.57. The number of piperidine rings is 1. The number of hydrogen-bond acceptors (Lipinski definition) is 6. The van der Waals surface area contributed by atoms with Crippen LogP contribution < -0.4 is 15.5 Å². The van der Waals surface area contributed by atoms with Crippen LogP contribution in [0, 0.1) is 19.3 Å². The molecule has 1 aliphatic heterocycles. The number of carbonyl (C=O) groups is 2. The molecular weight excluding hydrogens is 456 g/mol. The predicted molar refractivity (Wildman–Crippen MR) is 137 cm³/mol. The number of terminal acetylenes is 1. The molecule has 8 heteroatoms. The molecule has 1 saturated heterocycles. The summed E-state index contributed by atoms with van der Waals surface area (Å²) < 4.78 is 6.14. The highest BCUT2D eigenvalue weighted by atomic mass is 16.5. The van der Waals surface area contributed by atoms with Crippen LogP contribution in [0.5, 0.6) is 5.75 Å². The van der Waals surface area contributed by atoms with E-state index in [4.69, 9.17) is 16.4 Å². The first-order valence-electron chi connectivity index (χ1n) is 11.9. The second kappa shape index (κ2) is 11.2.